The molecule has 0 aliphatic carbocycles. The second-order valence-corrected chi connectivity index (χ2v) is 4.65. The molecule has 0 spiro atoms. The molecule has 0 aliphatic rings. The zero-order chi connectivity index (χ0) is 16.9. The van der Waals surface area contributed by atoms with Crippen molar-refractivity contribution in [2.75, 3.05) is 38.3 Å². The number of nitrogens with one attached hydrogen (secondary N) is 1. The van der Waals surface area contributed by atoms with Crippen LogP contribution in [0.25, 0.3) is 0 Å². The average Bonchev–Trinajstić information content (AvgIpc) is 2.57. The molecule has 1 aromatic rings. The van der Waals surface area contributed by atoms with E-state index in [0.29, 0.717) is 24.5 Å². The van der Waals surface area contributed by atoms with Gasteiger partial charge in [-0.15, -0.1) is 0 Å². The molecule has 6 heteroatoms. The molecule has 0 heterocycles. The first kappa shape index (κ1) is 18.6. The minimum atomic E-state index is 0.0373. The van der Waals surface area contributed by atoms with Gasteiger partial charge in [-0.3, -0.25) is 0 Å². The van der Waals surface area contributed by atoms with Crippen LogP contribution in [0, 0.1) is 0 Å². The van der Waals surface area contributed by atoms with Crippen LogP contribution in [0.3, 0.4) is 0 Å². The quantitative estimate of drug-likeness (QED) is 0.457. The topological polar surface area (TPSA) is 80.5 Å². The Morgan fingerprint density at radius 3 is 2.39 bits per heavy atom. The number of anilines is 1. The van der Waals surface area contributed by atoms with E-state index in [0.717, 1.165) is 5.69 Å². The van der Waals surface area contributed by atoms with E-state index >= 15 is 0 Å². The summed E-state index contributed by atoms with van der Waals surface area (Å²) < 4.78 is 0. The fourth-order valence-electron chi connectivity index (χ4n) is 1.82. The predicted octanol–water partition coefficient (Wildman–Crippen LogP) is 2.36. The summed E-state index contributed by atoms with van der Waals surface area (Å²) in [6.07, 6.45) is 7.22. The van der Waals surface area contributed by atoms with Crippen LogP contribution in [-0.2, 0) is 0 Å². The van der Waals surface area contributed by atoms with Gasteiger partial charge < -0.3 is 20.4 Å². The van der Waals surface area contributed by atoms with Crippen molar-refractivity contribution in [3.8, 4) is 0 Å². The van der Waals surface area contributed by atoms with Gasteiger partial charge in [-0.05, 0) is 42.6 Å². The zero-order valence-electron chi connectivity index (χ0n) is 13.4. The van der Waals surface area contributed by atoms with Gasteiger partial charge in [0.05, 0.1) is 24.6 Å². The van der Waals surface area contributed by atoms with E-state index in [4.69, 9.17) is 10.2 Å². The van der Waals surface area contributed by atoms with Gasteiger partial charge in [0.25, 0.3) is 0 Å². The first-order chi connectivity index (χ1) is 11.2. The smallest absolute Gasteiger partial charge is 0.0858 e. The Labute approximate surface area is 137 Å². The third kappa shape index (κ3) is 7.39. The van der Waals surface area contributed by atoms with E-state index in [9.17, 15) is 0 Å². The summed E-state index contributed by atoms with van der Waals surface area (Å²) in [4.78, 5) is 1.90. The summed E-state index contributed by atoms with van der Waals surface area (Å²) in [6.45, 7) is 4.82. The molecule has 0 saturated carbocycles. The number of allylic oxidation sites excluding steroid dienone is 3. The monoisotopic (exact) mass is 316 g/mol. The first-order valence-electron chi connectivity index (χ1n) is 7.39. The Kier molecular flexibility index (Phi) is 9.04. The van der Waals surface area contributed by atoms with Crippen molar-refractivity contribution in [1.82, 2.24) is 5.32 Å². The molecule has 1 rings (SSSR count). The number of benzene rings is 1. The third-order valence-corrected chi connectivity index (χ3v) is 2.91. The molecule has 0 aliphatic heterocycles. The van der Waals surface area contributed by atoms with Crippen molar-refractivity contribution < 1.29 is 10.2 Å². The van der Waals surface area contributed by atoms with Crippen LogP contribution in [0.2, 0.25) is 0 Å². The average molecular weight is 316 g/mol. The number of hydrogen-bond acceptors (Lipinski definition) is 6. The predicted molar refractivity (Wildman–Crippen MR) is 93.8 cm³/mol. The molecular formula is C17H24N4O2. The molecule has 0 bridgehead atoms. The summed E-state index contributed by atoms with van der Waals surface area (Å²) in [5.41, 5.74) is 2.18. The maximum absolute atomic E-state index is 9.05. The van der Waals surface area contributed by atoms with Crippen molar-refractivity contribution in [1.29, 1.82) is 0 Å². The summed E-state index contributed by atoms with van der Waals surface area (Å²) >= 11 is 0. The van der Waals surface area contributed by atoms with Gasteiger partial charge in [-0.25, -0.2) is 0 Å². The number of hydrogen-bond donors (Lipinski definition) is 3. The van der Waals surface area contributed by atoms with Crippen molar-refractivity contribution in [2.24, 2.45) is 10.2 Å². The molecule has 0 fully saturated rings. The van der Waals surface area contributed by atoms with Crippen LogP contribution < -0.4 is 10.2 Å². The lowest BCUT2D eigenvalue weighted by atomic mass is 10.2. The Morgan fingerprint density at radius 2 is 1.83 bits per heavy atom. The Hall–Kier alpha value is -2.44. The molecule has 0 radical (unpaired) electrons. The van der Waals surface area contributed by atoms with Gasteiger partial charge in [0.2, 0.25) is 0 Å². The molecule has 23 heavy (non-hydrogen) atoms. The lowest BCUT2D eigenvalue weighted by Crippen LogP contribution is -2.29. The van der Waals surface area contributed by atoms with Gasteiger partial charge in [0.1, 0.15) is 0 Å². The Balaban J connectivity index is 2.65. The van der Waals surface area contributed by atoms with Gasteiger partial charge in [-0.1, -0.05) is 12.7 Å². The molecule has 0 saturated heterocycles. The fraction of sp³-hybridized carbons (Fsp3) is 0.294. The van der Waals surface area contributed by atoms with E-state index in [1.54, 1.807) is 12.3 Å². The Bertz CT molecular complexity index is 544. The molecule has 0 atom stereocenters. The highest BCUT2D eigenvalue weighted by atomic mass is 16.3. The van der Waals surface area contributed by atoms with E-state index < -0.39 is 0 Å². The van der Waals surface area contributed by atoms with Gasteiger partial charge in [0.15, 0.2) is 0 Å². The molecule has 0 unspecified atom stereocenters. The van der Waals surface area contributed by atoms with Crippen LogP contribution in [0.15, 0.2) is 71.2 Å². The van der Waals surface area contributed by atoms with Gasteiger partial charge >= 0.3 is 0 Å². The number of aliphatic hydroxyl groups excluding tert-OH is 2. The number of rotatable bonds is 10. The first-order valence-corrected chi connectivity index (χ1v) is 7.39. The van der Waals surface area contributed by atoms with E-state index in [-0.39, 0.29) is 13.2 Å². The summed E-state index contributed by atoms with van der Waals surface area (Å²) in [5, 5.41) is 29.1. The lowest BCUT2D eigenvalue weighted by Gasteiger charge is -2.22. The highest BCUT2D eigenvalue weighted by molar-refractivity contribution is 5.52. The molecule has 1 aromatic carbocycles. The fourth-order valence-corrected chi connectivity index (χ4v) is 1.82. The largest absolute Gasteiger partial charge is 0.395 e. The number of nitrogens with zero attached hydrogens (tertiary/aromatic N) is 3. The summed E-state index contributed by atoms with van der Waals surface area (Å²) in [6, 6.07) is 7.43. The van der Waals surface area contributed by atoms with Crippen molar-refractivity contribution in [3.05, 3.63) is 61.0 Å². The highest BCUT2D eigenvalue weighted by Crippen LogP contribution is 2.20. The van der Waals surface area contributed by atoms with Crippen LogP contribution in [0.5, 0.6) is 0 Å². The number of aliphatic hydroxyl groups is 2. The van der Waals surface area contributed by atoms with E-state index in [1.807, 2.05) is 48.4 Å². The number of azo groups is 1. The van der Waals surface area contributed by atoms with Crippen molar-refractivity contribution in [2.45, 2.75) is 0 Å². The van der Waals surface area contributed by atoms with Crippen molar-refractivity contribution >= 4 is 11.4 Å². The summed E-state index contributed by atoms with van der Waals surface area (Å²) in [5.74, 6) is 0. The van der Waals surface area contributed by atoms with Gasteiger partial charge in [-0.2, -0.15) is 10.2 Å². The maximum Gasteiger partial charge on any atom is 0.0858 e. The van der Waals surface area contributed by atoms with E-state index in [1.165, 1.54) is 0 Å². The zero-order valence-corrected chi connectivity index (χ0v) is 13.4. The standard InChI is InChI=1S/C17H24N4O2/c1-15(5-3-4-10-18-2)19-20-16-6-8-17(9-7-16)21(11-13-22)12-14-23/h3-10,18,22-23H,1,11-14H2,2H3. The minimum Gasteiger partial charge on any atom is -0.395 e. The van der Waals surface area contributed by atoms with Crippen molar-refractivity contribution in [3.63, 3.8) is 0 Å². The normalized spacial score (nSPS) is 11.6. The maximum atomic E-state index is 9.05. The molecule has 0 aromatic heterocycles. The van der Waals surface area contributed by atoms with Crippen LogP contribution >= 0.6 is 0 Å². The van der Waals surface area contributed by atoms with E-state index in [2.05, 4.69) is 22.1 Å². The Morgan fingerprint density at radius 1 is 1.17 bits per heavy atom. The molecule has 0 amide bonds. The second-order valence-electron chi connectivity index (χ2n) is 4.65. The molecule has 124 valence electrons. The minimum absolute atomic E-state index is 0.0373. The van der Waals surface area contributed by atoms with Gasteiger partial charge in [0, 0.05) is 25.8 Å². The SMILES string of the molecule is C=C(C=CC=CNC)N=Nc1ccc(N(CCO)CCO)cc1. The molecule has 3 N–H and O–H groups in total. The third-order valence-electron chi connectivity index (χ3n) is 2.91. The molecular weight excluding hydrogens is 292 g/mol. The second kappa shape index (κ2) is 11.2. The molecule has 6 nitrogen and oxygen atoms in total. The van der Waals surface area contributed by atoms with Crippen LogP contribution in [0.1, 0.15) is 0 Å². The summed E-state index contributed by atoms with van der Waals surface area (Å²) in [7, 11) is 1.82. The lowest BCUT2D eigenvalue weighted by molar-refractivity contribution is 0.281. The van der Waals surface area contributed by atoms with Crippen LogP contribution in [0.4, 0.5) is 11.4 Å². The highest BCUT2D eigenvalue weighted by Gasteiger charge is 2.04. The van der Waals surface area contributed by atoms with Crippen LogP contribution in [-0.4, -0.2) is 43.6 Å².